The number of phenols is 1. The van der Waals surface area contributed by atoms with Gasteiger partial charge in [-0.05, 0) is 62.1 Å². The third kappa shape index (κ3) is 4.11. The lowest BCUT2D eigenvalue weighted by molar-refractivity contribution is -0.127. The van der Waals surface area contributed by atoms with Crippen molar-refractivity contribution in [3.8, 4) is 16.9 Å². The predicted molar refractivity (Wildman–Crippen MR) is 125 cm³/mol. The fraction of sp³-hybridized carbons (Fsp3) is 0.259. The van der Waals surface area contributed by atoms with Crippen molar-refractivity contribution in [2.45, 2.75) is 45.8 Å². The van der Waals surface area contributed by atoms with Gasteiger partial charge in [0.25, 0.3) is 5.91 Å². The number of hydrogen-bond donors (Lipinski definition) is 2. The highest BCUT2D eigenvalue weighted by Gasteiger charge is 2.43. The van der Waals surface area contributed by atoms with Crippen LogP contribution in [0.15, 0.2) is 66.7 Å². The van der Waals surface area contributed by atoms with Crippen LogP contribution >= 0.6 is 0 Å². The number of nitrogens with zero attached hydrogens (tertiary/aromatic N) is 1. The highest BCUT2D eigenvalue weighted by atomic mass is 16.3. The van der Waals surface area contributed by atoms with Crippen LogP contribution in [0.5, 0.6) is 5.75 Å². The Balaban J connectivity index is 1.73. The molecule has 1 aliphatic rings. The Kier molecular flexibility index (Phi) is 5.51. The number of benzene rings is 3. The number of nitrogens with one attached hydrogen (secondary N) is 1. The Morgan fingerprint density at radius 2 is 1.69 bits per heavy atom. The first kappa shape index (κ1) is 21.6. The number of carbonyl (C=O) groups is 2. The first-order valence-electron chi connectivity index (χ1n) is 10.8. The summed E-state index contributed by atoms with van der Waals surface area (Å²) in [5.41, 5.74) is 4.19. The van der Waals surface area contributed by atoms with Crippen LogP contribution in [0.3, 0.4) is 0 Å². The molecular formula is C27H28N2O3. The molecule has 32 heavy (non-hydrogen) atoms. The average molecular weight is 429 g/mol. The second kappa shape index (κ2) is 8.15. The van der Waals surface area contributed by atoms with E-state index in [-0.39, 0.29) is 24.1 Å². The Morgan fingerprint density at radius 3 is 2.38 bits per heavy atom. The molecule has 0 bridgehead atoms. The van der Waals surface area contributed by atoms with E-state index in [4.69, 9.17) is 0 Å². The number of fused-ring (bicyclic) bond motifs is 1. The van der Waals surface area contributed by atoms with Gasteiger partial charge in [-0.2, -0.15) is 0 Å². The van der Waals surface area contributed by atoms with Crippen LogP contribution in [0.1, 0.15) is 53.9 Å². The van der Waals surface area contributed by atoms with Gasteiger partial charge < -0.3 is 15.3 Å². The van der Waals surface area contributed by atoms with E-state index < -0.39 is 11.6 Å². The molecule has 0 aliphatic carbocycles. The highest BCUT2D eigenvalue weighted by Crippen LogP contribution is 2.40. The molecule has 1 atom stereocenters. The zero-order valence-corrected chi connectivity index (χ0v) is 18.8. The summed E-state index contributed by atoms with van der Waals surface area (Å²) in [6.45, 7) is 7.75. The molecule has 0 aromatic heterocycles. The molecule has 1 unspecified atom stereocenters. The first-order chi connectivity index (χ1) is 15.2. The lowest BCUT2D eigenvalue weighted by Crippen LogP contribution is -2.46. The number of phenolic OH excluding ortho intramolecular Hbond substituents is 1. The molecule has 0 fully saturated rings. The van der Waals surface area contributed by atoms with E-state index in [0.29, 0.717) is 16.7 Å². The summed E-state index contributed by atoms with van der Waals surface area (Å²) in [6.07, 6.45) is 0. The van der Waals surface area contributed by atoms with Crippen LogP contribution < -0.4 is 5.32 Å². The van der Waals surface area contributed by atoms with E-state index >= 15 is 0 Å². The van der Waals surface area contributed by atoms with Crippen molar-refractivity contribution in [2.24, 2.45) is 0 Å². The summed E-state index contributed by atoms with van der Waals surface area (Å²) in [4.78, 5) is 28.3. The molecule has 1 heterocycles. The molecule has 3 aromatic rings. The van der Waals surface area contributed by atoms with E-state index in [1.807, 2.05) is 69.3 Å². The van der Waals surface area contributed by atoms with Gasteiger partial charge in [0.05, 0.1) is 5.56 Å². The molecule has 0 saturated carbocycles. The van der Waals surface area contributed by atoms with Crippen LogP contribution in [0.2, 0.25) is 0 Å². The van der Waals surface area contributed by atoms with Gasteiger partial charge in [-0.25, -0.2) is 0 Å². The summed E-state index contributed by atoms with van der Waals surface area (Å²) in [6, 6.07) is 20.5. The minimum Gasteiger partial charge on any atom is -0.508 e. The van der Waals surface area contributed by atoms with Crippen molar-refractivity contribution in [1.82, 2.24) is 10.2 Å². The normalized spacial score (nSPS) is 15.6. The molecule has 1 aliphatic heterocycles. The average Bonchev–Trinajstić information content (AvgIpc) is 3.02. The van der Waals surface area contributed by atoms with Crippen molar-refractivity contribution in [1.29, 1.82) is 0 Å². The summed E-state index contributed by atoms with van der Waals surface area (Å²) in [7, 11) is 0. The molecule has 164 valence electrons. The largest absolute Gasteiger partial charge is 0.508 e. The lowest BCUT2D eigenvalue weighted by Gasteiger charge is -2.29. The SMILES string of the molecule is Cc1c(O)ccc2c1C(=O)N(Cc1cccc(-c3ccccc3)c1)C2C(=O)NC(C)(C)C. The van der Waals surface area contributed by atoms with E-state index in [1.54, 1.807) is 24.0 Å². The van der Waals surface area contributed by atoms with Gasteiger partial charge in [-0.15, -0.1) is 0 Å². The third-order valence-corrected chi connectivity index (χ3v) is 5.68. The molecule has 0 radical (unpaired) electrons. The van der Waals surface area contributed by atoms with Crippen molar-refractivity contribution in [3.05, 3.63) is 89.0 Å². The van der Waals surface area contributed by atoms with E-state index in [2.05, 4.69) is 11.4 Å². The fourth-order valence-electron chi connectivity index (χ4n) is 4.22. The predicted octanol–water partition coefficient (Wildman–Crippen LogP) is 4.98. The van der Waals surface area contributed by atoms with Crippen LogP contribution in [-0.4, -0.2) is 27.4 Å². The standard InChI is InChI=1S/C27H28N2O3/c1-17-22(30)14-13-21-23(17)26(32)29(24(21)25(31)28-27(2,3)4)16-18-9-8-12-20(15-18)19-10-6-5-7-11-19/h5-15,24,30H,16H2,1-4H3,(H,28,31). The maximum atomic E-state index is 13.4. The number of rotatable bonds is 4. The maximum absolute atomic E-state index is 13.4. The highest BCUT2D eigenvalue weighted by molar-refractivity contribution is 6.06. The third-order valence-electron chi connectivity index (χ3n) is 5.68. The molecular weight excluding hydrogens is 400 g/mol. The Labute approximate surface area is 188 Å². The lowest BCUT2D eigenvalue weighted by atomic mass is 9.98. The molecule has 3 aromatic carbocycles. The number of amides is 2. The van der Waals surface area contributed by atoms with Crippen LogP contribution in [-0.2, 0) is 11.3 Å². The Bertz CT molecular complexity index is 1180. The molecule has 4 rings (SSSR count). The van der Waals surface area contributed by atoms with Gasteiger partial charge in [0, 0.05) is 17.6 Å². The monoisotopic (exact) mass is 428 g/mol. The zero-order valence-electron chi connectivity index (χ0n) is 18.8. The van der Waals surface area contributed by atoms with Crippen LogP contribution in [0.25, 0.3) is 11.1 Å². The Morgan fingerprint density at radius 1 is 1.00 bits per heavy atom. The number of carbonyl (C=O) groups excluding carboxylic acids is 2. The molecule has 2 N–H and O–H groups in total. The molecule has 0 saturated heterocycles. The summed E-state index contributed by atoms with van der Waals surface area (Å²) in [5, 5.41) is 13.2. The zero-order chi connectivity index (χ0) is 23.0. The molecule has 0 spiro atoms. The van der Waals surface area contributed by atoms with E-state index in [0.717, 1.165) is 16.7 Å². The summed E-state index contributed by atoms with van der Waals surface area (Å²) in [5.74, 6) is -0.415. The summed E-state index contributed by atoms with van der Waals surface area (Å²) >= 11 is 0. The van der Waals surface area contributed by atoms with Crippen molar-refractivity contribution in [2.75, 3.05) is 0 Å². The topological polar surface area (TPSA) is 69.6 Å². The minimum absolute atomic E-state index is 0.0556. The van der Waals surface area contributed by atoms with Gasteiger partial charge in [-0.3, -0.25) is 9.59 Å². The van der Waals surface area contributed by atoms with E-state index in [9.17, 15) is 14.7 Å². The van der Waals surface area contributed by atoms with Gasteiger partial charge in [-0.1, -0.05) is 54.6 Å². The first-order valence-corrected chi connectivity index (χ1v) is 10.8. The van der Waals surface area contributed by atoms with Crippen LogP contribution in [0.4, 0.5) is 0 Å². The number of aromatic hydroxyl groups is 1. The second-order valence-corrected chi connectivity index (χ2v) is 9.32. The molecule has 5 heteroatoms. The maximum Gasteiger partial charge on any atom is 0.255 e. The fourth-order valence-corrected chi connectivity index (χ4v) is 4.22. The van der Waals surface area contributed by atoms with Crippen molar-refractivity contribution in [3.63, 3.8) is 0 Å². The van der Waals surface area contributed by atoms with Crippen molar-refractivity contribution >= 4 is 11.8 Å². The summed E-state index contributed by atoms with van der Waals surface area (Å²) < 4.78 is 0. The van der Waals surface area contributed by atoms with E-state index in [1.165, 1.54) is 0 Å². The van der Waals surface area contributed by atoms with Crippen LogP contribution in [0, 0.1) is 6.92 Å². The Hall–Kier alpha value is -3.60. The van der Waals surface area contributed by atoms with Gasteiger partial charge in [0.1, 0.15) is 11.8 Å². The van der Waals surface area contributed by atoms with Gasteiger partial charge in [0.2, 0.25) is 5.91 Å². The molecule has 2 amide bonds. The van der Waals surface area contributed by atoms with Gasteiger partial charge in [0.15, 0.2) is 0 Å². The smallest absolute Gasteiger partial charge is 0.255 e. The second-order valence-electron chi connectivity index (χ2n) is 9.32. The molecule has 5 nitrogen and oxygen atoms in total. The quantitative estimate of drug-likeness (QED) is 0.616. The minimum atomic E-state index is -0.753. The van der Waals surface area contributed by atoms with Crippen molar-refractivity contribution < 1.29 is 14.7 Å². The number of hydrogen-bond acceptors (Lipinski definition) is 3. The van der Waals surface area contributed by atoms with Gasteiger partial charge >= 0.3 is 0 Å².